The summed E-state index contributed by atoms with van der Waals surface area (Å²) in [4.78, 5) is 19.8. The van der Waals surface area contributed by atoms with Crippen LogP contribution < -0.4 is 14.8 Å². The Morgan fingerprint density at radius 1 is 1.00 bits per heavy atom. The van der Waals surface area contributed by atoms with E-state index in [4.69, 9.17) is 19.2 Å². The lowest BCUT2D eigenvalue weighted by molar-refractivity contribution is 0.0358. The van der Waals surface area contributed by atoms with Crippen molar-refractivity contribution in [2.24, 2.45) is 0 Å². The third kappa shape index (κ3) is 7.49. The number of nitrogens with one attached hydrogen (secondary N) is 1. The lowest BCUT2D eigenvalue weighted by atomic mass is 10.1. The van der Waals surface area contributed by atoms with E-state index >= 15 is 0 Å². The van der Waals surface area contributed by atoms with E-state index in [0.29, 0.717) is 40.6 Å². The van der Waals surface area contributed by atoms with Crippen LogP contribution in [0.4, 0.5) is 29.2 Å². The fourth-order valence-electron chi connectivity index (χ4n) is 5.00. The molecule has 15 heteroatoms. The number of aromatic nitrogens is 6. The van der Waals surface area contributed by atoms with E-state index in [-0.39, 0.29) is 23.7 Å². The first-order chi connectivity index (χ1) is 22.4. The molecule has 2 aromatic carbocycles. The van der Waals surface area contributed by atoms with Crippen LogP contribution >= 0.6 is 0 Å². The van der Waals surface area contributed by atoms with Gasteiger partial charge in [0.25, 0.3) is 6.43 Å². The average molecular weight is 639 g/mol. The number of hydrogen-bond acceptors (Lipinski definition) is 10. The number of halogens is 4. The molecule has 5 aromatic rings. The molecule has 46 heavy (non-hydrogen) atoms. The van der Waals surface area contributed by atoms with Crippen molar-refractivity contribution in [3.63, 3.8) is 0 Å². The topological polar surface area (TPSA) is 112 Å². The van der Waals surface area contributed by atoms with Crippen LogP contribution in [0, 0.1) is 11.6 Å². The molecule has 1 aliphatic rings. The molecule has 3 aromatic heterocycles. The molecule has 0 bridgehead atoms. The van der Waals surface area contributed by atoms with E-state index in [9.17, 15) is 17.6 Å². The Kier molecular flexibility index (Phi) is 9.79. The van der Waals surface area contributed by atoms with E-state index in [1.807, 2.05) is 0 Å². The fourth-order valence-corrected chi connectivity index (χ4v) is 5.00. The molecule has 0 radical (unpaired) electrons. The smallest absolute Gasteiger partial charge is 0.272 e. The Labute approximate surface area is 261 Å². The predicted octanol–water partition coefficient (Wildman–Crippen LogP) is 5.10. The molecule has 0 aliphatic carbocycles. The van der Waals surface area contributed by atoms with Crippen LogP contribution in [0.25, 0.3) is 22.4 Å². The molecule has 0 atom stereocenters. The Morgan fingerprint density at radius 2 is 1.80 bits per heavy atom. The SMILES string of the molecule is Fc1cc(OCC(F)F)cc(F)c1Cn1nc(-c2ncc(OCCCN3CCOCC3)c(Nc3ccncn3)n2)c2ccccc21. The van der Waals surface area contributed by atoms with Crippen molar-refractivity contribution < 1.29 is 31.8 Å². The maximum Gasteiger partial charge on any atom is 0.272 e. The predicted molar refractivity (Wildman–Crippen MR) is 160 cm³/mol. The highest BCUT2D eigenvalue weighted by Crippen LogP contribution is 2.32. The number of alkyl halides is 2. The largest absolute Gasteiger partial charge is 0.488 e. The van der Waals surface area contributed by atoms with Gasteiger partial charge in [-0.25, -0.2) is 37.5 Å². The minimum atomic E-state index is -2.78. The molecule has 240 valence electrons. The standard InChI is InChI=1S/C31H30F4N8O3/c32-23-14-20(46-18-27(34)35)15-24(33)22(23)17-43-25-5-2-1-4-21(25)29(41-43)31-37-16-26(30(40-31)39-28-6-7-36-19-38-28)45-11-3-8-42-9-12-44-13-10-42/h1-2,4-7,14-16,19,27H,3,8-13,17-18H2,(H,36,37,38,39,40). The van der Waals surface area contributed by atoms with Gasteiger partial charge in [-0.2, -0.15) is 5.10 Å². The first kappa shape index (κ1) is 31.1. The molecule has 0 amide bonds. The van der Waals surface area contributed by atoms with E-state index in [1.54, 1.807) is 42.7 Å². The lowest BCUT2D eigenvalue weighted by Crippen LogP contribution is -2.37. The monoisotopic (exact) mass is 638 g/mol. The molecule has 1 fully saturated rings. The quantitative estimate of drug-likeness (QED) is 0.138. The number of para-hydroxylation sites is 1. The Hall–Kier alpha value is -4.89. The van der Waals surface area contributed by atoms with Gasteiger partial charge in [-0.15, -0.1) is 0 Å². The summed E-state index contributed by atoms with van der Waals surface area (Å²) in [7, 11) is 0. The molecular weight excluding hydrogens is 608 g/mol. The van der Waals surface area contributed by atoms with Gasteiger partial charge in [-0.3, -0.25) is 9.58 Å². The van der Waals surface area contributed by atoms with Gasteiger partial charge in [-0.1, -0.05) is 18.2 Å². The van der Waals surface area contributed by atoms with Gasteiger partial charge in [0.2, 0.25) is 0 Å². The zero-order chi connectivity index (χ0) is 31.9. The van der Waals surface area contributed by atoms with E-state index in [2.05, 4.69) is 30.3 Å². The molecule has 4 heterocycles. The summed E-state index contributed by atoms with van der Waals surface area (Å²) >= 11 is 0. The second kappa shape index (κ2) is 14.5. The Balaban J connectivity index is 1.28. The van der Waals surface area contributed by atoms with Crippen LogP contribution in [0.3, 0.4) is 0 Å². The van der Waals surface area contributed by atoms with Gasteiger partial charge in [0.1, 0.15) is 41.8 Å². The van der Waals surface area contributed by atoms with Gasteiger partial charge in [0, 0.05) is 48.9 Å². The van der Waals surface area contributed by atoms with Crippen molar-refractivity contribution in [2.75, 3.05) is 51.4 Å². The van der Waals surface area contributed by atoms with Crippen LogP contribution in [0.5, 0.6) is 11.5 Å². The molecule has 11 nitrogen and oxygen atoms in total. The van der Waals surface area contributed by atoms with Crippen molar-refractivity contribution in [1.29, 1.82) is 0 Å². The average Bonchev–Trinajstić information content (AvgIpc) is 3.43. The summed E-state index contributed by atoms with van der Waals surface area (Å²) in [6.07, 6.45) is 2.55. The summed E-state index contributed by atoms with van der Waals surface area (Å²) in [5.74, 6) is -0.743. The highest BCUT2D eigenvalue weighted by Gasteiger charge is 2.21. The molecule has 1 saturated heterocycles. The van der Waals surface area contributed by atoms with Gasteiger partial charge in [-0.05, 0) is 18.6 Å². The van der Waals surface area contributed by atoms with E-state index in [0.717, 1.165) is 51.4 Å². The number of anilines is 2. The summed E-state index contributed by atoms with van der Waals surface area (Å²) < 4.78 is 72.7. The third-order valence-corrected chi connectivity index (χ3v) is 7.23. The molecule has 1 aliphatic heterocycles. The summed E-state index contributed by atoms with van der Waals surface area (Å²) in [5.41, 5.74) is 0.640. The van der Waals surface area contributed by atoms with Crippen molar-refractivity contribution in [3.8, 4) is 23.0 Å². The summed E-state index contributed by atoms with van der Waals surface area (Å²) in [5, 5.41) is 8.45. The van der Waals surface area contributed by atoms with Gasteiger partial charge in [0.05, 0.1) is 38.1 Å². The van der Waals surface area contributed by atoms with Crippen molar-refractivity contribution >= 4 is 22.5 Å². The maximum atomic E-state index is 15.0. The van der Waals surface area contributed by atoms with Gasteiger partial charge < -0.3 is 19.5 Å². The number of benzene rings is 2. The van der Waals surface area contributed by atoms with Crippen LogP contribution in [0.2, 0.25) is 0 Å². The fraction of sp³-hybridized carbons (Fsp3) is 0.323. The third-order valence-electron chi connectivity index (χ3n) is 7.23. The number of morpholine rings is 1. The minimum Gasteiger partial charge on any atom is -0.488 e. The molecule has 0 saturated carbocycles. The summed E-state index contributed by atoms with van der Waals surface area (Å²) in [6.45, 7) is 3.26. The summed E-state index contributed by atoms with van der Waals surface area (Å²) in [6, 6.07) is 10.6. The molecule has 6 rings (SSSR count). The number of rotatable bonds is 13. The van der Waals surface area contributed by atoms with Crippen molar-refractivity contribution in [1.82, 2.24) is 34.6 Å². The van der Waals surface area contributed by atoms with Crippen molar-refractivity contribution in [3.05, 3.63) is 78.4 Å². The van der Waals surface area contributed by atoms with Crippen molar-refractivity contribution in [2.45, 2.75) is 19.4 Å². The number of hydrogen-bond donors (Lipinski definition) is 1. The van der Waals surface area contributed by atoms with Gasteiger partial charge in [0.15, 0.2) is 17.4 Å². The zero-order valence-corrected chi connectivity index (χ0v) is 24.6. The Bertz CT molecular complexity index is 1750. The second-order valence-corrected chi connectivity index (χ2v) is 10.4. The number of fused-ring (bicyclic) bond motifs is 1. The number of nitrogens with zero attached hydrogens (tertiary/aromatic N) is 7. The lowest BCUT2D eigenvalue weighted by Gasteiger charge is -2.26. The maximum absolute atomic E-state index is 15.0. The molecule has 0 unspecified atom stereocenters. The van der Waals surface area contributed by atoms with Crippen LogP contribution in [0.15, 0.2) is 61.2 Å². The number of ether oxygens (including phenoxy) is 3. The van der Waals surface area contributed by atoms with Crippen LogP contribution in [0.1, 0.15) is 12.0 Å². The van der Waals surface area contributed by atoms with Crippen LogP contribution in [-0.2, 0) is 11.3 Å². The zero-order valence-electron chi connectivity index (χ0n) is 24.6. The molecular formula is C31H30F4N8O3. The second-order valence-electron chi connectivity index (χ2n) is 10.4. The molecule has 0 spiro atoms. The van der Waals surface area contributed by atoms with Crippen LogP contribution in [-0.4, -0.2) is 87.1 Å². The Morgan fingerprint density at radius 3 is 2.57 bits per heavy atom. The molecule has 1 N–H and O–H groups in total. The highest BCUT2D eigenvalue weighted by atomic mass is 19.3. The first-order valence-corrected chi connectivity index (χ1v) is 14.6. The van der Waals surface area contributed by atoms with Gasteiger partial charge >= 0.3 is 0 Å². The highest BCUT2D eigenvalue weighted by molar-refractivity contribution is 5.92. The minimum absolute atomic E-state index is 0.240. The van der Waals surface area contributed by atoms with E-state index < -0.39 is 24.7 Å². The normalized spacial score (nSPS) is 13.8. The van der Waals surface area contributed by atoms with E-state index in [1.165, 1.54) is 11.0 Å². The first-order valence-electron chi connectivity index (χ1n) is 14.6.